The van der Waals surface area contributed by atoms with Gasteiger partial charge in [0.2, 0.25) is 0 Å². The average Bonchev–Trinajstić information content (AvgIpc) is 3.23. The van der Waals surface area contributed by atoms with Crippen molar-refractivity contribution in [3.63, 3.8) is 0 Å². The fourth-order valence-electron chi connectivity index (χ4n) is 3.74. The van der Waals surface area contributed by atoms with Crippen molar-refractivity contribution >= 4 is 21.8 Å². The summed E-state index contributed by atoms with van der Waals surface area (Å²) in [5.74, 6) is -0.958. The molecule has 1 saturated heterocycles. The number of hydrogen-bond acceptors (Lipinski definition) is 6. The monoisotopic (exact) mass is 473 g/mol. The van der Waals surface area contributed by atoms with E-state index in [1.165, 1.54) is 24.4 Å². The molecule has 8 nitrogen and oxygen atoms in total. The lowest BCUT2D eigenvalue weighted by atomic mass is 10.0. The lowest BCUT2D eigenvalue weighted by Crippen LogP contribution is -2.39. The summed E-state index contributed by atoms with van der Waals surface area (Å²) in [4.78, 5) is 16.2. The van der Waals surface area contributed by atoms with Crippen molar-refractivity contribution in [2.24, 2.45) is 0 Å². The van der Waals surface area contributed by atoms with Gasteiger partial charge in [-0.05, 0) is 55.7 Å². The van der Waals surface area contributed by atoms with Gasteiger partial charge in [0.15, 0.2) is 0 Å². The van der Waals surface area contributed by atoms with Gasteiger partial charge in [0.05, 0.1) is 17.5 Å². The molecule has 0 saturated carbocycles. The third kappa shape index (κ3) is 4.62. The minimum atomic E-state index is -4.13. The Balaban J connectivity index is 1.74. The van der Waals surface area contributed by atoms with Crippen molar-refractivity contribution in [1.29, 1.82) is 0 Å². The lowest BCUT2D eigenvalue weighted by molar-refractivity contribution is 0.0285. The molecule has 33 heavy (non-hydrogen) atoms. The molecule has 0 unspecified atom stereocenters. The van der Waals surface area contributed by atoms with Crippen LogP contribution in [0.3, 0.4) is 0 Å². The number of benzene rings is 1. The van der Waals surface area contributed by atoms with E-state index in [0.29, 0.717) is 35.5 Å². The van der Waals surface area contributed by atoms with Crippen LogP contribution in [0.15, 0.2) is 53.7 Å². The Bertz CT molecular complexity index is 1290. The topological polar surface area (TPSA) is 111 Å². The fourth-order valence-corrected chi connectivity index (χ4v) is 5.09. The van der Waals surface area contributed by atoms with Crippen molar-refractivity contribution in [3.8, 4) is 11.1 Å². The molecule has 0 spiro atoms. The molecule has 1 aliphatic rings. The molecule has 3 heterocycles. The molecule has 0 aliphatic carbocycles. The quantitative estimate of drug-likeness (QED) is 0.562. The van der Waals surface area contributed by atoms with Gasteiger partial charge < -0.3 is 15.2 Å². The molecule has 4 rings (SSSR count). The highest BCUT2D eigenvalue weighted by molar-refractivity contribution is 7.90. The zero-order chi connectivity index (χ0) is 23.8. The number of aryl methyl sites for hydroxylation is 2. The van der Waals surface area contributed by atoms with E-state index in [4.69, 9.17) is 4.74 Å². The SMILES string of the molecule is Cc1ccc(S(=O)(=O)n2cc(-c3cc(N[C@@H]4CCOC[C@H]4F)ncc3C)cc2C(=O)O)cc1. The summed E-state index contributed by atoms with van der Waals surface area (Å²) in [5, 5.41) is 12.8. The van der Waals surface area contributed by atoms with E-state index in [1.807, 2.05) is 6.92 Å². The predicted molar refractivity (Wildman–Crippen MR) is 121 cm³/mol. The number of carboxylic acids is 1. The van der Waals surface area contributed by atoms with Crippen molar-refractivity contribution in [3.05, 3.63) is 65.6 Å². The smallest absolute Gasteiger partial charge is 0.353 e. The van der Waals surface area contributed by atoms with Crippen LogP contribution < -0.4 is 5.32 Å². The van der Waals surface area contributed by atoms with Gasteiger partial charge in [-0.25, -0.2) is 26.6 Å². The highest BCUT2D eigenvalue weighted by atomic mass is 32.2. The molecule has 1 fully saturated rings. The first-order valence-electron chi connectivity index (χ1n) is 10.4. The summed E-state index contributed by atoms with van der Waals surface area (Å²) in [6.07, 6.45) is 2.18. The number of rotatable bonds is 6. The summed E-state index contributed by atoms with van der Waals surface area (Å²) in [5.41, 5.74) is 2.20. The number of nitrogens with one attached hydrogen (secondary N) is 1. The zero-order valence-electron chi connectivity index (χ0n) is 18.2. The third-order valence-corrected chi connectivity index (χ3v) is 7.31. The highest BCUT2D eigenvalue weighted by Gasteiger charge is 2.27. The molecule has 174 valence electrons. The lowest BCUT2D eigenvalue weighted by Gasteiger charge is -2.27. The van der Waals surface area contributed by atoms with Crippen LogP contribution in [-0.2, 0) is 14.8 Å². The normalized spacial score (nSPS) is 18.8. The Hall–Kier alpha value is -3.24. The molecule has 2 aromatic heterocycles. The average molecular weight is 474 g/mol. The summed E-state index contributed by atoms with van der Waals surface area (Å²) >= 11 is 0. The van der Waals surface area contributed by atoms with E-state index in [-0.39, 0.29) is 17.2 Å². The maximum atomic E-state index is 14.1. The standard InChI is InChI=1S/C23H24FN3O5S/c1-14-3-5-17(6-4-14)33(30,31)27-12-16(9-21(27)23(28)29)18-10-22(25-11-15(18)2)26-20-7-8-32-13-19(20)24/h3-6,9-12,19-20H,7-8,13H2,1-2H3,(H,25,26)(H,28,29)/t19-,20-/m1/s1. The zero-order valence-corrected chi connectivity index (χ0v) is 19.0. The molecule has 2 atom stereocenters. The van der Waals surface area contributed by atoms with Crippen LogP contribution in [0.1, 0.15) is 28.0 Å². The molecule has 3 aromatic rings. The number of aromatic carboxylic acids is 1. The van der Waals surface area contributed by atoms with Crippen LogP contribution in [-0.4, -0.2) is 53.9 Å². The van der Waals surface area contributed by atoms with Crippen molar-refractivity contribution < 1.29 is 27.4 Å². The first kappa shape index (κ1) is 22.9. The number of nitrogens with zero attached hydrogens (tertiary/aromatic N) is 2. The van der Waals surface area contributed by atoms with E-state index in [9.17, 15) is 22.7 Å². The van der Waals surface area contributed by atoms with E-state index in [2.05, 4.69) is 10.3 Å². The van der Waals surface area contributed by atoms with Gasteiger partial charge in [-0.2, -0.15) is 0 Å². The van der Waals surface area contributed by atoms with E-state index < -0.39 is 28.2 Å². The molecule has 1 aromatic carbocycles. The minimum absolute atomic E-state index is 0.0120. The number of pyridine rings is 1. The minimum Gasteiger partial charge on any atom is -0.477 e. The van der Waals surface area contributed by atoms with Crippen molar-refractivity contribution in [2.75, 3.05) is 18.5 Å². The largest absolute Gasteiger partial charge is 0.477 e. The molecule has 2 N–H and O–H groups in total. The molecular formula is C23H24FN3O5S. The van der Waals surface area contributed by atoms with Crippen LogP contribution in [0.25, 0.3) is 11.1 Å². The molecular weight excluding hydrogens is 449 g/mol. The van der Waals surface area contributed by atoms with Gasteiger partial charge in [-0.15, -0.1) is 0 Å². The van der Waals surface area contributed by atoms with E-state index >= 15 is 0 Å². The molecule has 1 aliphatic heterocycles. The van der Waals surface area contributed by atoms with Crippen LogP contribution in [0.2, 0.25) is 0 Å². The summed E-state index contributed by atoms with van der Waals surface area (Å²) in [6.45, 7) is 4.07. The number of carboxylic acid groups (broad SMARTS) is 1. The maximum Gasteiger partial charge on any atom is 0.353 e. The van der Waals surface area contributed by atoms with Gasteiger partial charge in [-0.3, -0.25) is 0 Å². The van der Waals surface area contributed by atoms with Crippen LogP contribution in [0, 0.1) is 13.8 Å². The van der Waals surface area contributed by atoms with Gasteiger partial charge in [0.1, 0.15) is 17.7 Å². The second kappa shape index (κ2) is 8.95. The Labute approximate surface area is 191 Å². The Morgan fingerprint density at radius 2 is 1.97 bits per heavy atom. The number of alkyl halides is 1. The number of carbonyl (C=O) groups is 1. The van der Waals surface area contributed by atoms with Crippen LogP contribution in [0.4, 0.5) is 10.2 Å². The summed E-state index contributed by atoms with van der Waals surface area (Å²) < 4.78 is 46.4. The van der Waals surface area contributed by atoms with Gasteiger partial charge in [0.25, 0.3) is 10.0 Å². The van der Waals surface area contributed by atoms with Gasteiger partial charge in [0, 0.05) is 24.6 Å². The first-order valence-corrected chi connectivity index (χ1v) is 11.8. The van der Waals surface area contributed by atoms with E-state index in [1.54, 1.807) is 31.3 Å². The number of ether oxygens (including phenoxy) is 1. The molecule has 10 heteroatoms. The number of anilines is 1. The maximum absolute atomic E-state index is 14.1. The summed E-state index contributed by atoms with van der Waals surface area (Å²) in [6, 6.07) is 8.71. The Kier molecular flexibility index (Phi) is 6.22. The number of aromatic nitrogens is 2. The van der Waals surface area contributed by atoms with Gasteiger partial charge in [-0.1, -0.05) is 17.7 Å². The molecule has 0 bridgehead atoms. The molecule has 0 radical (unpaired) electrons. The first-order chi connectivity index (χ1) is 15.7. The van der Waals surface area contributed by atoms with Crippen LogP contribution in [0.5, 0.6) is 0 Å². The van der Waals surface area contributed by atoms with E-state index in [0.717, 1.165) is 9.54 Å². The Morgan fingerprint density at radius 3 is 2.64 bits per heavy atom. The number of halogens is 1. The highest BCUT2D eigenvalue weighted by Crippen LogP contribution is 2.30. The van der Waals surface area contributed by atoms with Gasteiger partial charge >= 0.3 is 5.97 Å². The second-order valence-electron chi connectivity index (χ2n) is 8.05. The predicted octanol–water partition coefficient (Wildman–Crippen LogP) is 3.64. The van der Waals surface area contributed by atoms with Crippen molar-refractivity contribution in [1.82, 2.24) is 8.96 Å². The molecule has 0 amide bonds. The second-order valence-corrected chi connectivity index (χ2v) is 9.86. The van der Waals surface area contributed by atoms with Crippen molar-refractivity contribution in [2.45, 2.75) is 37.4 Å². The Morgan fingerprint density at radius 1 is 1.24 bits per heavy atom. The summed E-state index contributed by atoms with van der Waals surface area (Å²) in [7, 11) is -4.13. The number of hydrogen-bond donors (Lipinski definition) is 2. The fraction of sp³-hybridized carbons (Fsp3) is 0.304. The third-order valence-electron chi connectivity index (χ3n) is 5.62. The van der Waals surface area contributed by atoms with Crippen LogP contribution >= 0.6 is 0 Å².